The third-order valence-electron chi connectivity index (χ3n) is 5.05. The summed E-state index contributed by atoms with van der Waals surface area (Å²) in [6.07, 6.45) is 3.41. The molecule has 1 atom stereocenters. The number of hydrogen-bond acceptors (Lipinski definition) is 4. The van der Waals surface area contributed by atoms with Crippen molar-refractivity contribution in [2.75, 3.05) is 31.1 Å². The van der Waals surface area contributed by atoms with Crippen molar-refractivity contribution in [3.8, 4) is 0 Å². The lowest BCUT2D eigenvalue weighted by atomic mass is 10.0. The summed E-state index contributed by atoms with van der Waals surface area (Å²) in [5, 5.41) is 3.25. The number of hydrogen-bond donors (Lipinski definition) is 1. The molecule has 1 aromatic carbocycles. The van der Waals surface area contributed by atoms with Gasteiger partial charge in [-0.2, -0.15) is 4.31 Å². The number of benzene rings is 1. The average Bonchev–Trinajstić information content (AvgIpc) is 3.12. The molecule has 0 bridgehead atoms. The zero-order valence-electron chi connectivity index (χ0n) is 15.0. The van der Waals surface area contributed by atoms with Crippen molar-refractivity contribution in [3.05, 3.63) is 23.8 Å². The molecule has 2 aliphatic heterocycles. The first-order valence-corrected chi connectivity index (χ1v) is 10.5. The second kappa shape index (κ2) is 7.43. The van der Waals surface area contributed by atoms with E-state index in [4.69, 9.17) is 0 Å². The van der Waals surface area contributed by atoms with Crippen LogP contribution in [0.5, 0.6) is 0 Å². The van der Waals surface area contributed by atoms with Gasteiger partial charge in [0.2, 0.25) is 15.9 Å². The summed E-state index contributed by atoms with van der Waals surface area (Å²) >= 11 is 0. The molecule has 1 amide bonds. The van der Waals surface area contributed by atoms with Crippen molar-refractivity contribution in [2.45, 2.75) is 50.5 Å². The van der Waals surface area contributed by atoms with Gasteiger partial charge in [0.1, 0.15) is 0 Å². The normalized spacial score (nSPS) is 20.8. The molecule has 138 valence electrons. The highest BCUT2D eigenvalue weighted by Crippen LogP contribution is 2.31. The van der Waals surface area contributed by atoms with Crippen molar-refractivity contribution in [1.82, 2.24) is 9.62 Å². The molecular weight excluding hydrogens is 338 g/mol. The molecule has 2 aliphatic rings. The Morgan fingerprint density at radius 1 is 1.40 bits per heavy atom. The monoisotopic (exact) mass is 365 g/mol. The Morgan fingerprint density at radius 2 is 2.20 bits per heavy atom. The summed E-state index contributed by atoms with van der Waals surface area (Å²) in [5.74, 6) is -0.0408. The maximum absolute atomic E-state index is 13.3. The fourth-order valence-electron chi connectivity index (χ4n) is 3.78. The van der Waals surface area contributed by atoms with Crippen molar-refractivity contribution in [1.29, 1.82) is 0 Å². The number of carbonyl (C=O) groups is 1. The summed E-state index contributed by atoms with van der Waals surface area (Å²) in [6.45, 7) is 6.24. The Morgan fingerprint density at radius 3 is 2.84 bits per heavy atom. The number of nitrogens with one attached hydrogen (secondary N) is 1. The summed E-state index contributed by atoms with van der Waals surface area (Å²) in [7, 11) is -3.57. The Kier molecular flexibility index (Phi) is 5.46. The van der Waals surface area contributed by atoms with Crippen LogP contribution in [-0.2, 0) is 21.2 Å². The number of rotatable bonds is 5. The summed E-state index contributed by atoms with van der Waals surface area (Å²) in [5.41, 5.74) is 1.80. The Bertz CT molecular complexity index is 742. The van der Waals surface area contributed by atoms with Gasteiger partial charge in [0.15, 0.2) is 0 Å². The summed E-state index contributed by atoms with van der Waals surface area (Å²) in [4.78, 5) is 13.9. The number of amides is 1. The van der Waals surface area contributed by atoms with E-state index in [2.05, 4.69) is 5.32 Å². The standard InChI is InChI=1S/C18H27N3O3S/c1-3-10-21(16-8-9-19-13-16)25(23,24)17-7-6-15-5-4-11-20(14(2)22)18(15)12-17/h6-7,12,16,19H,3-5,8-11,13H2,1-2H3. The molecule has 0 saturated carbocycles. The molecule has 3 rings (SSSR count). The predicted octanol–water partition coefficient (Wildman–Crippen LogP) is 1.75. The molecule has 1 fully saturated rings. The molecule has 0 aliphatic carbocycles. The van der Waals surface area contributed by atoms with E-state index in [0.29, 0.717) is 24.5 Å². The van der Waals surface area contributed by atoms with E-state index >= 15 is 0 Å². The van der Waals surface area contributed by atoms with Gasteiger partial charge >= 0.3 is 0 Å². The van der Waals surface area contributed by atoms with Gasteiger partial charge in [-0.3, -0.25) is 4.79 Å². The van der Waals surface area contributed by atoms with Crippen LogP contribution in [0.3, 0.4) is 0 Å². The molecule has 1 N–H and O–H groups in total. The Hall–Kier alpha value is -1.44. The molecule has 1 saturated heterocycles. The molecule has 0 aromatic heterocycles. The lowest BCUT2D eigenvalue weighted by Crippen LogP contribution is -2.42. The van der Waals surface area contributed by atoms with E-state index < -0.39 is 10.0 Å². The van der Waals surface area contributed by atoms with Crippen LogP contribution in [0.4, 0.5) is 5.69 Å². The average molecular weight is 365 g/mol. The quantitative estimate of drug-likeness (QED) is 0.863. The fourth-order valence-corrected chi connectivity index (χ4v) is 5.55. The van der Waals surface area contributed by atoms with Crippen LogP contribution >= 0.6 is 0 Å². The van der Waals surface area contributed by atoms with E-state index in [0.717, 1.165) is 43.5 Å². The summed E-state index contributed by atoms with van der Waals surface area (Å²) in [6, 6.07) is 5.26. The molecule has 7 heteroatoms. The van der Waals surface area contributed by atoms with E-state index in [9.17, 15) is 13.2 Å². The maximum Gasteiger partial charge on any atom is 0.243 e. The van der Waals surface area contributed by atoms with E-state index in [1.54, 1.807) is 21.3 Å². The van der Waals surface area contributed by atoms with Crippen LogP contribution < -0.4 is 10.2 Å². The molecule has 0 spiro atoms. The van der Waals surface area contributed by atoms with Gasteiger partial charge in [0.25, 0.3) is 0 Å². The van der Waals surface area contributed by atoms with Crippen LogP contribution in [-0.4, -0.2) is 50.9 Å². The first-order valence-electron chi connectivity index (χ1n) is 9.08. The minimum absolute atomic E-state index is 0.00453. The Labute approximate surface area is 150 Å². The molecule has 1 unspecified atom stereocenters. The smallest absolute Gasteiger partial charge is 0.243 e. The van der Waals surface area contributed by atoms with Gasteiger partial charge in [-0.25, -0.2) is 8.42 Å². The highest BCUT2D eigenvalue weighted by Gasteiger charge is 2.33. The van der Waals surface area contributed by atoms with Gasteiger partial charge in [0.05, 0.1) is 4.90 Å². The minimum Gasteiger partial charge on any atom is -0.315 e. The molecule has 25 heavy (non-hydrogen) atoms. The molecule has 6 nitrogen and oxygen atoms in total. The second-order valence-electron chi connectivity index (χ2n) is 6.83. The number of carbonyl (C=O) groups excluding carboxylic acids is 1. The first kappa shape index (κ1) is 18.4. The fraction of sp³-hybridized carbons (Fsp3) is 0.611. The number of sulfonamides is 1. The van der Waals surface area contributed by atoms with E-state index in [1.165, 1.54) is 6.92 Å². The van der Waals surface area contributed by atoms with Gasteiger partial charge in [-0.15, -0.1) is 0 Å². The lowest BCUT2D eigenvalue weighted by Gasteiger charge is -2.31. The van der Waals surface area contributed by atoms with Gasteiger partial charge in [0, 0.05) is 38.3 Å². The van der Waals surface area contributed by atoms with Crippen molar-refractivity contribution in [2.24, 2.45) is 0 Å². The van der Waals surface area contributed by atoms with Crippen LogP contribution in [0.15, 0.2) is 23.1 Å². The number of aryl methyl sites for hydroxylation is 1. The van der Waals surface area contributed by atoms with Crippen LogP contribution in [0.2, 0.25) is 0 Å². The number of anilines is 1. The maximum atomic E-state index is 13.3. The lowest BCUT2D eigenvalue weighted by molar-refractivity contribution is -0.116. The third-order valence-corrected chi connectivity index (χ3v) is 7.00. The molecule has 1 aromatic rings. The van der Waals surface area contributed by atoms with Crippen LogP contribution in [0, 0.1) is 0 Å². The highest BCUT2D eigenvalue weighted by molar-refractivity contribution is 7.89. The van der Waals surface area contributed by atoms with Crippen molar-refractivity contribution in [3.63, 3.8) is 0 Å². The highest BCUT2D eigenvalue weighted by atomic mass is 32.2. The van der Waals surface area contributed by atoms with Gasteiger partial charge < -0.3 is 10.2 Å². The largest absolute Gasteiger partial charge is 0.315 e. The van der Waals surface area contributed by atoms with Crippen molar-refractivity contribution < 1.29 is 13.2 Å². The van der Waals surface area contributed by atoms with Crippen LogP contribution in [0.25, 0.3) is 0 Å². The SMILES string of the molecule is CCCN(C1CCNC1)S(=O)(=O)c1ccc2c(c1)N(C(C)=O)CCC2. The summed E-state index contributed by atoms with van der Waals surface area (Å²) < 4.78 is 28.2. The predicted molar refractivity (Wildman–Crippen MR) is 98.2 cm³/mol. The van der Waals surface area contributed by atoms with Crippen LogP contribution in [0.1, 0.15) is 38.7 Å². The van der Waals surface area contributed by atoms with E-state index in [-0.39, 0.29) is 11.9 Å². The number of fused-ring (bicyclic) bond motifs is 1. The zero-order valence-corrected chi connectivity index (χ0v) is 15.8. The topological polar surface area (TPSA) is 69.7 Å². The minimum atomic E-state index is -3.57. The van der Waals surface area contributed by atoms with Gasteiger partial charge in [-0.1, -0.05) is 13.0 Å². The van der Waals surface area contributed by atoms with E-state index in [1.807, 2.05) is 13.0 Å². The third kappa shape index (κ3) is 3.59. The zero-order chi connectivity index (χ0) is 18.0. The second-order valence-corrected chi connectivity index (χ2v) is 8.72. The van der Waals surface area contributed by atoms with Crippen molar-refractivity contribution >= 4 is 21.6 Å². The number of nitrogens with zero attached hydrogens (tertiary/aromatic N) is 2. The first-order chi connectivity index (χ1) is 11.9. The van der Waals surface area contributed by atoms with Gasteiger partial charge in [-0.05, 0) is 49.9 Å². The Balaban J connectivity index is 1.99. The molecule has 2 heterocycles. The molecule has 0 radical (unpaired) electrons. The molecular formula is C18H27N3O3S.